The highest BCUT2D eigenvalue weighted by Crippen LogP contribution is 2.37. The Kier molecular flexibility index (Phi) is 6.41. The van der Waals surface area contributed by atoms with Crippen molar-refractivity contribution in [1.82, 2.24) is 14.6 Å². The zero-order valence-electron chi connectivity index (χ0n) is 18.9. The van der Waals surface area contributed by atoms with Crippen molar-refractivity contribution in [1.29, 1.82) is 0 Å². The van der Waals surface area contributed by atoms with Crippen molar-refractivity contribution in [3.05, 3.63) is 40.7 Å². The van der Waals surface area contributed by atoms with Crippen LogP contribution < -0.4 is 9.64 Å². The molecule has 0 aliphatic carbocycles. The van der Waals surface area contributed by atoms with Crippen LogP contribution in [0.1, 0.15) is 22.5 Å². The highest BCUT2D eigenvalue weighted by Gasteiger charge is 2.28. The number of aryl methyl sites for hydroxylation is 2. The summed E-state index contributed by atoms with van der Waals surface area (Å²) in [4.78, 5) is 7.25. The maximum Gasteiger partial charge on any atom is 0.165 e. The van der Waals surface area contributed by atoms with Crippen LogP contribution in [0.3, 0.4) is 0 Å². The Morgan fingerprint density at radius 3 is 2.45 bits per heavy atom. The summed E-state index contributed by atoms with van der Waals surface area (Å²) >= 11 is 0. The van der Waals surface area contributed by atoms with Crippen molar-refractivity contribution in [3.8, 4) is 16.9 Å². The zero-order chi connectivity index (χ0) is 22.0. The third kappa shape index (κ3) is 3.98. The molecule has 166 valence electrons. The summed E-state index contributed by atoms with van der Waals surface area (Å²) in [5.74, 6) is 1.84. The van der Waals surface area contributed by atoms with Crippen LogP contribution in [0, 0.1) is 13.8 Å². The quantitative estimate of drug-likeness (QED) is 0.521. The number of hydrogen-bond donors (Lipinski definition) is 0. The van der Waals surface area contributed by atoms with E-state index in [-0.39, 0.29) is 0 Å². The molecule has 4 rings (SSSR count). The van der Waals surface area contributed by atoms with Crippen LogP contribution >= 0.6 is 0 Å². The largest absolute Gasteiger partial charge is 0.497 e. The summed E-state index contributed by atoms with van der Waals surface area (Å²) in [6.45, 7) is 7.81. The van der Waals surface area contributed by atoms with Gasteiger partial charge in [0, 0.05) is 38.4 Å². The predicted octanol–water partition coefficient (Wildman–Crippen LogP) is 3.15. The second kappa shape index (κ2) is 9.21. The van der Waals surface area contributed by atoms with Crippen molar-refractivity contribution in [2.45, 2.75) is 27.1 Å². The van der Waals surface area contributed by atoms with Crippen molar-refractivity contribution >= 4 is 11.5 Å². The van der Waals surface area contributed by atoms with Gasteiger partial charge in [-0.3, -0.25) is 0 Å². The van der Waals surface area contributed by atoms with Crippen LogP contribution in [0.15, 0.2) is 18.2 Å². The average molecular weight is 427 g/mol. The summed E-state index contributed by atoms with van der Waals surface area (Å²) in [6.07, 6.45) is 0. The zero-order valence-corrected chi connectivity index (χ0v) is 18.9. The predicted molar refractivity (Wildman–Crippen MR) is 119 cm³/mol. The number of nitrogens with zero attached hydrogens (tertiary/aromatic N) is 4. The molecular formula is C23H30N4O4. The Labute approximate surface area is 182 Å². The summed E-state index contributed by atoms with van der Waals surface area (Å²) in [5.41, 5.74) is 7.08. The molecule has 3 heterocycles. The van der Waals surface area contributed by atoms with Gasteiger partial charge in [0.2, 0.25) is 0 Å². The summed E-state index contributed by atoms with van der Waals surface area (Å²) < 4.78 is 23.9. The van der Waals surface area contributed by atoms with Crippen LogP contribution in [-0.4, -0.2) is 62.2 Å². The molecule has 2 aromatic heterocycles. The molecule has 0 saturated carbocycles. The van der Waals surface area contributed by atoms with E-state index in [0.29, 0.717) is 26.4 Å². The third-order valence-electron chi connectivity index (χ3n) is 5.71. The van der Waals surface area contributed by atoms with E-state index in [2.05, 4.69) is 17.9 Å². The van der Waals surface area contributed by atoms with Gasteiger partial charge in [0.15, 0.2) is 5.65 Å². The lowest BCUT2D eigenvalue weighted by molar-refractivity contribution is 0.133. The van der Waals surface area contributed by atoms with Gasteiger partial charge in [-0.2, -0.15) is 9.61 Å². The van der Waals surface area contributed by atoms with Crippen LogP contribution in [0.25, 0.3) is 16.8 Å². The second-order valence-corrected chi connectivity index (χ2v) is 7.70. The van der Waals surface area contributed by atoms with Gasteiger partial charge in [-0.05, 0) is 37.1 Å². The molecular weight excluding hydrogens is 396 g/mol. The van der Waals surface area contributed by atoms with E-state index >= 15 is 0 Å². The normalized spacial score (nSPS) is 13.1. The van der Waals surface area contributed by atoms with Crippen LogP contribution in [-0.2, 0) is 27.4 Å². The Balaban J connectivity index is 1.92. The van der Waals surface area contributed by atoms with Gasteiger partial charge < -0.3 is 23.8 Å². The smallest absolute Gasteiger partial charge is 0.165 e. The minimum Gasteiger partial charge on any atom is -0.497 e. The van der Waals surface area contributed by atoms with Crippen LogP contribution in [0.2, 0.25) is 0 Å². The molecule has 0 fully saturated rings. The molecule has 3 aromatic rings. The SMILES string of the molecule is COCCN(CCOC)c1c2c(nc3c(-c4ccc(OC)cc4C)c(C)nn13)COC2. The number of benzene rings is 1. The molecule has 0 saturated heterocycles. The van der Waals surface area contributed by atoms with Crippen molar-refractivity contribution in [2.24, 2.45) is 0 Å². The standard InChI is InChI=1S/C23H30N4O4/c1-15-12-17(30-5)6-7-18(15)21-16(2)25-27-22(21)24-20-14-31-13-19(20)23(27)26(8-10-28-3)9-11-29-4/h6-7,12H,8-11,13-14H2,1-5H3. The average Bonchev–Trinajstić information content (AvgIpc) is 3.36. The molecule has 8 heteroatoms. The number of methoxy groups -OCH3 is 3. The summed E-state index contributed by atoms with van der Waals surface area (Å²) in [6, 6.07) is 6.10. The number of hydrogen-bond acceptors (Lipinski definition) is 7. The van der Waals surface area contributed by atoms with E-state index in [1.54, 1.807) is 21.3 Å². The van der Waals surface area contributed by atoms with E-state index in [4.69, 9.17) is 29.0 Å². The van der Waals surface area contributed by atoms with Gasteiger partial charge >= 0.3 is 0 Å². The number of fused-ring (bicyclic) bond motifs is 2. The molecule has 0 radical (unpaired) electrons. The molecule has 1 aliphatic rings. The van der Waals surface area contributed by atoms with E-state index in [9.17, 15) is 0 Å². The Morgan fingerprint density at radius 1 is 1.06 bits per heavy atom. The minimum atomic E-state index is 0.506. The third-order valence-corrected chi connectivity index (χ3v) is 5.71. The number of aromatic nitrogens is 3. The molecule has 0 bridgehead atoms. The number of anilines is 1. The van der Waals surface area contributed by atoms with E-state index < -0.39 is 0 Å². The first-order valence-electron chi connectivity index (χ1n) is 10.5. The van der Waals surface area contributed by atoms with Crippen molar-refractivity contribution in [2.75, 3.05) is 52.5 Å². The molecule has 1 aromatic carbocycles. The maximum absolute atomic E-state index is 5.78. The lowest BCUT2D eigenvalue weighted by atomic mass is 10.0. The molecule has 0 N–H and O–H groups in total. The lowest BCUT2D eigenvalue weighted by Crippen LogP contribution is -2.33. The Bertz CT molecular complexity index is 1070. The lowest BCUT2D eigenvalue weighted by Gasteiger charge is -2.26. The molecule has 0 unspecified atom stereocenters. The molecule has 31 heavy (non-hydrogen) atoms. The first-order chi connectivity index (χ1) is 15.1. The second-order valence-electron chi connectivity index (χ2n) is 7.70. The van der Waals surface area contributed by atoms with Crippen molar-refractivity contribution < 1.29 is 18.9 Å². The fraction of sp³-hybridized carbons (Fsp3) is 0.478. The monoisotopic (exact) mass is 426 g/mol. The van der Waals surface area contributed by atoms with Gasteiger partial charge in [0.1, 0.15) is 11.6 Å². The highest BCUT2D eigenvalue weighted by atomic mass is 16.5. The van der Waals surface area contributed by atoms with E-state index in [1.807, 2.05) is 23.6 Å². The first kappa shape index (κ1) is 21.5. The molecule has 1 aliphatic heterocycles. The molecule has 0 spiro atoms. The summed E-state index contributed by atoms with van der Waals surface area (Å²) in [7, 11) is 5.11. The van der Waals surface area contributed by atoms with Crippen LogP contribution in [0.5, 0.6) is 5.75 Å². The highest BCUT2D eigenvalue weighted by molar-refractivity contribution is 5.83. The summed E-state index contributed by atoms with van der Waals surface area (Å²) in [5, 5.41) is 4.93. The van der Waals surface area contributed by atoms with E-state index in [1.165, 1.54) is 0 Å². The van der Waals surface area contributed by atoms with Gasteiger partial charge in [0.25, 0.3) is 0 Å². The maximum atomic E-state index is 5.78. The van der Waals surface area contributed by atoms with Gasteiger partial charge in [-0.15, -0.1) is 0 Å². The van der Waals surface area contributed by atoms with Gasteiger partial charge in [-0.1, -0.05) is 6.07 Å². The molecule has 0 atom stereocenters. The first-order valence-corrected chi connectivity index (χ1v) is 10.5. The number of ether oxygens (including phenoxy) is 4. The van der Waals surface area contributed by atoms with Gasteiger partial charge in [-0.25, -0.2) is 4.98 Å². The fourth-order valence-electron chi connectivity index (χ4n) is 4.15. The Hall–Kier alpha value is -2.68. The fourth-order valence-corrected chi connectivity index (χ4v) is 4.15. The molecule has 8 nitrogen and oxygen atoms in total. The topological polar surface area (TPSA) is 70.4 Å². The van der Waals surface area contributed by atoms with Gasteiger partial charge in [0.05, 0.1) is 44.9 Å². The Morgan fingerprint density at radius 2 is 1.81 bits per heavy atom. The number of rotatable bonds is 9. The minimum absolute atomic E-state index is 0.506. The molecule has 0 amide bonds. The van der Waals surface area contributed by atoms with E-state index in [0.717, 1.165) is 63.9 Å². The van der Waals surface area contributed by atoms with Crippen LogP contribution in [0.4, 0.5) is 5.82 Å². The van der Waals surface area contributed by atoms with Crippen molar-refractivity contribution in [3.63, 3.8) is 0 Å².